The zero-order chi connectivity index (χ0) is 11.7. The fourth-order valence-electron chi connectivity index (χ4n) is 0.913. The number of aliphatic hydroxyl groups excluding tert-OH is 2. The summed E-state index contributed by atoms with van der Waals surface area (Å²) in [6, 6.07) is 0. The van der Waals surface area contributed by atoms with E-state index in [1.54, 1.807) is 18.7 Å². The van der Waals surface area contributed by atoms with Gasteiger partial charge in [-0.25, -0.2) is 0 Å². The summed E-state index contributed by atoms with van der Waals surface area (Å²) in [5, 5.41) is 20.5. The number of hydrogen-bond acceptors (Lipinski definition) is 4. The number of amides is 1. The van der Waals surface area contributed by atoms with Crippen LogP contribution in [0.3, 0.4) is 0 Å². The third kappa shape index (κ3) is 6.76. The number of hydrogen-bond donors (Lipinski definition) is 3. The van der Waals surface area contributed by atoms with Gasteiger partial charge in [-0.1, -0.05) is 13.3 Å². The summed E-state index contributed by atoms with van der Waals surface area (Å²) >= 11 is 1.57. The molecule has 0 spiro atoms. The molecule has 0 saturated heterocycles. The molecule has 0 aliphatic heterocycles. The first-order valence-corrected chi connectivity index (χ1v) is 6.34. The van der Waals surface area contributed by atoms with Gasteiger partial charge in [0.2, 0.25) is 5.91 Å². The summed E-state index contributed by atoms with van der Waals surface area (Å²) in [5.74, 6) is 1.22. The molecule has 0 heterocycles. The lowest BCUT2D eigenvalue weighted by Gasteiger charge is -2.26. The molecule has 5 heteroatoms. The fraction of sp³-hybridized carbons (Fsp3) is 0.900. The van der Waals surface area contributed by atoms with Gasteiger partial charge in [-0.15, -0.1) is 0 Å². The highest BCUT2D eigenvalue weighted by Crippen LogP contribution is 2.06. The van der Waals surface area contributed by atoms with Crippen LogP contribution < -0.4 is 5.32 Å². The van der Waals surface area contributed by atoms with Crippen LogP contribution >= 0.6 is 11.8 Å². The molecule has 0 atom stereocenters. The first-order chi connectivity index (χ1) is 7.08. The molecule has 1 amide bonds. The van der Waals surface area contributed by atoms with E-state index in [4.69, 9.17) is 10.2 Å². The molecule has 3 N–H and O–H groups in total. The molecule has 0 radical (unpaired) electrons. The van der Waals surface area contributed by atoms with Crippen molar-refractivity contribution in [2.24, 2.45) is 0 Å². The van der Waals surface area contributed by atoms with Gasteiger partial charge in [0.1, 0.15) is 0 Å². The molecule has 15 heavy (non-hydrogen) atoms. The number of carbonyl (C=O) groups is 1. The lowest BCUT2D eigenvalue weighted by atomic mass is 10.1. The molecule has 0 unspecified atom stereocenters. The number of thioether (sulfide) groups is 1. The zero-order valence-corrected chi connectivity index (χ0v) is 10.3. The summed E-state index contributed by atoms with van der Waals surface area (Å²) in [6.45, 7) is 3.21. The maximum atomic E-state index is 11.4. The van der Waals surface area contributed by atoms with E-state index in [1.807, 2.05) is 0 Å². The Kier molecular flexibility index (Phi) is 7.82. The second kappa shape index (κ2) is 7.96. The van der Waals surface area contributed by atoms with E-state index in [-0.39, 0.29) is 19.1 Å². The van der Waals surface area contributed by atoms with Crippen molar-refractivity contribution in [2.45, 2.75) is 32.2 Å². The maximum Gasteiger partial charge on any atom is 0.230 e. The van der Waals surface area contributed by atoms with E-state index in [1.165, 1.54) is 0 Å². The predicted molar refractivity (Wildman–Crippen MR) is 63.0 cm³/mol. The van der Waals surface area contributed by atoms with Crippen LogP contribution in [0.4, 0.5) is 0 Å². The Morgan fingerprint density at radius 1 is 1.40 bits per heavy atom. The molecule has 0 rings (SSSR count). The van der Waals surface area contributed by atoms with Crippen molar-refractivity contribution < 1.29 is 15.0 Å². The maximum absolute atomic E-state index is 11.4. The van der Waals surface area contributed by atoms with Crippen molar-refractivity contribution in [1.82, 2.24) is 5.32 Å². The Morgan fingerprint density at radius 3 is 2.47 bits per heavy atom. The standard InChI is InChI=1S/C10H21NO3S/c1-3-4-5-15-6-9(14)11-10(2,7-12)8-13/h12-13H,3-8H2,1-2H3,(H,11,14). The average Bonchev–Trinajstić information content (AvgIpc) is 2.24. The fourth-order valence-corrected chi connectivity index (χ4v) is 1.81. The smallest absolute Gasteiger partial charge is 0.230 e. The molecule has 0 saturated carbocycles. The highest BCUT2D eigenvalue weighted by atomic mass is 32.2. The van der Waals surface area contributed by atoms with Crippen LogP contribution in [-0.4, -0.2) is 46.4 Å². The normalized spacial score (nSPS) is 11.5. The second-order valence-electron chi connectivity index (χ2n) is 3.83. The summed E-state index contributed by atoms with van der Waals surface area (Å²) in [6.07, 6.45) is 2.23. The van der Waals surface area contributed by atoms with Crippen LogP contribution in [0.1, 0.15) is 26.7 Å². The monoisotopic (exact) mass is 235 g/mol. The second-order valence-corrected chi connectivity index (χ2v) is 4.94. The minimum atomic E-state index is -0.900. The number of unbranched alkanes of at least 4 members (excludes halogenated alkanes) is 1. The third-order valence-corrected chi connectivity index (χ3v) is 3.06. The highest BCUT2D eigenvalue weighted by Gasteiger charge is 2.24. The highest BCUT2D eigenvalue weighted by molar-refractivity contribution is 7.99. The van der Waals surface area contributed by atoms with Crippen molar-refractivity contribution in [3.05, 3.63) is 0 Å². The number of nitrogens with one attached hydrogen (secondary N) is 1. The lowest BCUT2D eigenvalue weighted by molar-refractivity contribution is -0.121. The first kappa shape index (κ1) is 14.7. The average molecular weight is 235 g/mol. The van der Waals surface area contributed by atoms with Crippen LogP contribution in [-0.2, 0) is 4.79 Å². The van der Waals surface area contributed by atoms with E-state index < -0.39 is 5.54 Å². The third-order valence-electron chi connectivity index (χ3n) is 2.01. The van der Waals surface area contributed by atoms with Gasteiger partial charge in [-0.05, 0) is 19.1 Å². The summed E-state index contributed by atoms with van der Waals surface area (Å²) < 4.78 is 0. The van der Waals surface area contributed by atoms with Crippen molar-refractivity contribution >= 4 is 17.7 Å². The van der Waals surface area contributed by atoms with Gasteiger partial charge in [-0.3, -0.25) is 4.79 Å². The Hall–Kier alpha value is -0.260. The van der Waals surface area contributed by atoms with Gasteiger partial charge >= 0.3 is 0 Å². The van der Waals surface area contributed by atoms with Crippen LogP contribution in [0.25, 0.3) is 0 Å². The molecular weight excluding hydrogens is 214 g/mol. The summed E-state index contributed by atoms with van der Waals surface area (Å²) in [7, 11) is 0. The van der Waals surface area contributed by atoms with Crippen molar-refractivity contribution in [3.63, 3.8) is 0 Å². The number of carbonyl (C=O) groups excluding carboxylic acids is 1. The van der Waals surface area contributed by atoms with Crippen LogP contribution in [0.15, 0.2) is 0 Å². The topological polar surface area (TPSA) is 69.6 Å². The van der Waals surface area contributed by atoms with Crippen LogP contribution in [0.5, 0.6) is 0 Å². The molecule has 0 bridgehead atoms. The van der Waals surface area contributed by atoms with E-state index in [0.717, 1.165) is 18.6 Å². The van der Waals surface area contributed by atoms with Crippen LogP contribution in [0, 0.1) is 0 Å². The lowest BCUT2D eigenvalue weighted by Crippen LogP contribution is -2.52. The Bertz CT molecular complexity index is 184. The van der Waals surface area contributed by atoms with Gasteiger partial charge in [0.25, 0.3) is 0 Å². The summed E-state index contributed by atoms with van der Waals surface area (Å²) in [4.78, 5) is 11.4. The summed E-state index contributed by atoms with van der Waals surface area (Å²) in [5.41, 5.74) is -0.900. The number of aliphatic hydroxyl groups is 2. The first-order valence-electron chi connectivity index (χ1n) is 5.18. The SMILES string of the molecule is CCCCSCC(=O)NC(C)(CO)CO. The van der Waals surface area contributed by atoms with Gasteiger partial charge < -0.3 is 15.5 Å². The predicted octanol–water partition coefficient (Wildman–Crippen LogP) is 0.379. The van der Waals surface area contributed by atoms with Gasteiger partial charge in [0, 0.05) is 0 Å². The van der Waals surface area contributed by atoms with Crippen LogP contribution in [0.2, 0.25) is 0 Å². The van der Waals surface area contributed by atoms with E-state index in [9.17, 15) is 4.79 Å². The Labute approximate surface area is 95.4 Å². The van der Waals surface area contributed by atoms with Gasteiger partial charge in [0.05, 0.1) is 24.5 Å². The Morgan fingerprint density at radius 2 is 2.00 bits per heavy atom. The van der Waals surface area contributed by atoms with Crippen molar-refractivity contribution in [3.8, 4) is 0 Å². The molecule has 0 aliphatic carbocycles. The quantitative estimate of drug-likeness (QED) is 0.532. The molecule has 0 fully saturated rings. The molecule has 0 aromatic rings. The van der Waals surface area contributed by atoms with Crippen molar-refractivity contribution in [1.29, 1.82) is 0 Å². The van der Waals surface area contributed by atoms with Crippen molar-refractivity contribution in [2.75, 3.05) is 24.7 Å². The molecule has 0 aromatic carbocycles. The molecule has 0 aromatic heterocycles. The van der Waals surface area contributed by atoms with E-state index in [2.05, 4.69) is 12.2 Å². The largest absolute Gasteiger partial charge is 0.394 e. The Balaban J connectivity index is 3.72. The molecule has 0 aliphatic rings. The number of rotatable bonds is 8. The van der Waals surface area contributed by atoms with E-state index >= 15 is 0 Å². The minimum absolute atomic E-state index is 0.137. The zero-order valence-electron chi connectivity index (χ0n) is 9.45. The van der Waals surface area contributed by atoms with Gasteiger partial charge in [-0.2, -0.15) is 11.8 Å². The van der Waals surface area contributed by atoms with E-state index in [0.29, 0.717) is 5.75 Å². The molecule has 4 nitrogen and oxygen atoms in total. The van der Waals surface area contributed by atoms with Gasteiger partial charge in [0.15, 0.2) is 0 Å². The molecule has 90 valence electrons. The molecular formula is C10H21NO3S. The minimum Gasteiger partial charge on any atom is -0.394 e.